The number of carbonyl (C=O) groups excluding carboxylic acids is 1. The highest BCUT2D eigenvalue weighted by molar-refractivity contribution is 6.31. The van der Waals surface area contributed by atoms with E-state index >= 15 is 0 Å². The number of hydrogen-bond acceptors (Lipinski definition) is 2. The highest BCUT2D eigenvalue weighted by Gasteiger charge is 2.06. The summed E-state index contributed by atoms with van der Waals surface area (Å²) < 4.78 is 1.85. The van der Waals surface area contributed by atoms with Crippen LogP contribution in [0.4, 0.5) is 0 Å². The lowest BCUT2D eigenvalue weighted by Crippen LogP contribution is -2.24. The van der Waals surface area contributed by atoms with E-state index in [-0.39, 0.29) is 5.91 Å². The Hall–Kier alpha value is -2.33. The van der Waals surface area contributed by atoms with Crippen molar-refractivity contribution in [3.8, 4) is 0 Å². The standard InChI is InChI=1S/C17H16ClN3O/c18-15-7-3-1-5-13(15)11-19-17(22)9-10-21-16-8-4-2-6-14(16)12-20-21/h1-8,12H,9-11H2,(H,19,22). The average molecular weight is 314 g/mol. The van der Waals surface area contributed by atoms with Crippen molar-refractivity contribution in [1.82, 2.24) is 15.1 Å². The van der Waals surface area contributed by atoms with Gasteiger partial charge in [-0.2, -0.15) is 5.10 Å². The largest absolute Gasteiger partial charge is 0.352 e. The molecule has 1 amide bonds. The van der Waals surface area contributed by atoms with Crippen molar-refractivity contribution in [3.63, 3.8) is 0 Å². The van der Waals surface area contributed by atoms with E-state index in [1.807, 2.05) is 59.4 Å². The number of nitrogens with one attached hydrogen (secondary N) is 1. The third-order valence-electron chi connectivity index (χ3n) is 3.54. The van der Waals surface area contributed by atoms with Gasteiger partial charge in [0.15, 0.2) is 0 Å². The number of rotatable bonds is 5. The minimum Gasteiger partial charge on any atom is -0.352 e. The molecule has 0 bridgehead atoms. The third-order valence-corrected chi connectivity index (χ3v) is 3.90. The van der Waals surface area contributed by atoms with Crippen molar-refractivity contribution in [3.05, 3.63) is 65.3 Å². The van der Waals surface area contributed by atoms with Gasteiger partial charge in [-0.1, -0.05) is 48.0 Å². The number of fused-ring (bicyclic) bond motifs is 1. The highest BCUT2D eigenvalue weighted by atomic mass is 35.5. The first-order chi connectivity index (χ1) is 10.7. The Bertz CT molecular complexity index is 797. The van der Waals surface area contributed by atoms with E-state index in [4.69, 9.17) is 11.6 Å². The van der Waals surface area contributed by atoms with Gasteiger partial charge in [0, 0.05) is 23.4 Å². The first kappa shape index (κ1) is 14.6. The fourth-order valence-corrected chi connectivity index (χ4v) is 2.54. The van der Waals surface area contributed by atoms with Crippen molar-refractivity contribution < 1.29 is 4.79 Å². The monoisotopic (exact) mass is 313 g/mol. The molecule has 5 heteroatoms. The van der Waals surface area contributed by atoms with E-state index in [2.05, 4.69) is 10.4 Å². The van der Waals surface area contributed by atoms with Crippen molar-refractivity contribution in [2.45, 2.75) is 19.5 Å². The van der Waals surface area contributed by atoms with Crippen LogP contribution in [-0.2, 0) is 17.9 Å². The molecule has 0 aliphatic carbocycles. The normalized spacial score (nSPS) is 10.8. The van der Waals surface area contributed by atoms with Crippen LogP contribution >= 0.6 is 11.6 Å². The van der Waals surface area contributed by atoms with Gasteiger partial charge in [-0.15, -0.1) is 0 Å². The molecular weight excluding hydrogens is 298 g/mol. The Morgan fingerprint density at radius 1 is 1.14 bits per heavy atom. The summed E-state index contributed by atoms with van der Waals surface area (Å²) in [7, 11) is 0. The number of nitrogens with zero attached hydrogens (tertiary/aromatic N) is 2. The SMILES string of the molecule is O=C(CCn1ncc2ccccc21)NCc1ccccc1Cl. The van der Waals surface area contributed by atoms with Crippen LogP contribution in [-0.4, -0.2) is 15.7 Å². The lowest BCUT2D eigenvalue weighted by Gasteiger charge is -2.07. The van der Waals surface area contributed by atoms with Crippen molar-refractivity contribution in [2.75, 3.05) is 0 Å². The second-order valence-corrected chi connectivity index (χ2v) is 5.45. The van der Waals surface area contributed by atoms with E-state index in [0.29, 0.717) is 24.5 Å². The Labute approximate surface area is 133 Å². The van der Waals surface area contributed by atoms with Crippen LogP contribution in [0, 0.1) is 0 Å². The molecule has 0 radical (unpaired) electrons. The Kier molecular flexibility index (Phi) is 4.39. The summed E-state index contributed by atoms with van der Waals surface area (Å²) in [6, 6.07) is 15.5. The predicted molar refractivity (Wildman–Crippen MR) is 87.6 cm³/mol. The number of halogens is 1. The molecule has 0 aliphatic heterocycles. The Morgan fingerprint density at radius 2 is 1.91 bits per heavy atom. The van der Waals surface area contributed by atoms with E-state index in [9.17, 15) is 4.79 Å². The van der Waals surface area contributed by atoms with E-state index in [0.717, 1.165) is 16.5 Å². The summed E-state index contributed by atoms with van der Waals surface area (Å²) in [5, 5.41) is 8.95. The van der Waals surface area contributed by atoms with Crippen LogP contribution in [0.25, 0.3) is 10.9 Å². The maximum atomic E-state index is 12.0. The van der Waals surface area contributed by atoms with Gasteiger partial charge in [0.05, 0.1) is 18.3 Å². The molecule has 1 heterocycles. The number of para-hydroxylation sites is 1. The van der Waals surface area contributed by atoms with Crippen molar-refractivity contribution in [1.29, 1.82) is 0 Å². The lowest BCUT2D eigenvalue weighted by atomic mass is 10.2. The van der Waals surface area contributed by atoms with Gasteiger partial charge in [-0.3, -0.25) is 9.48 Å². The molecule has 22 heavy (non-hydrogen) atoms. The van der Waals surface area contributed by atoms with Crippen LogP contribution in [0.2, 0.25) is 5.02 Å². The predicted octanol–water partition coefficient (Wildman–Crippen LogP) is 3.40. The minimum absolute atomic E-state index is 0.0144. The van der Waals surface area contributed by atoms with E-state index in [1.165, 1.54) is 0 Å². The van der Waals surface area contributed by atoms with E-state index in [1.54, 1.807) is 0 Å². The van der Waals surface area contributed by atoms with Crippen molar-refractivity contribution >= 4 is 28.4 Å². The zero-order valence-electron chi connectivity index (χ0n) is 12.0. The molecular formula is C17H16ClN3O. The summed E-state index contributed by atoms with van der Waals surface area (Å²) in [4.78, 5) is 12.0. The van der Waals surface area contributed by atoms with Crippen LogP contribution < -0.4 is 5.32 Å². The maximum Gasteiger partial charge on any atom is 0.222 e. The summed E-state index contributed by atoms with van der Waals surface area (Å²) in [5.41, 5.74) is 1.96. The number of carbonyl (C=O) groups is 1. The fourth-order valence-electron chi connectivity index (χ4n) is 2.34. The molecule has 3 rings (SSSR count). The molecule has 0 fully saturated rings. The zero-order chi connectivity index (χ0) is 15.4. The molecule has 0 spiro atoms. The molecule has 0 atom stereocenters. The molecule has 1 N–H and O–H groups in total. The van der Waals surface area contributed by atoms with Crippen LogP contribution in [0.5, 0.6) is 0 Å². The number of amides is 1. The Morgan fingerprint density at radius 3 is 2.77 bits per heavy atom. The average Bonchev–Trinajstić information content (AvgIpc) is 2.95. The first-order valence-corrected chi connectivity index (χ1v) is 7.52. The molecule has 1 aromatic heterocycles. The molecule has 112 valence electrons. The Balaban J connectivity index is 1.55. The second kappa shape index (κ2) is 6.62. The zero-order valence-corrected chi connectivity index (χ0v) is 12.8. The highest BCUT2D eigenvalue weighted by Crippen LogP contribution is 2.15. The quantitative estimate of drug-likeness (QED) is 0.785. The maximum absolute atomic E-state index is 12.0. The lowest BCUT2D eigenvalue weighted by molar-refractivity contribution is -0.121. The number of hydrogen-bond donors (Lipinski definition) is 1. The van der Waals surface area contributed by atoms with Gasteiger partial charge in [-0.05, 0) is 17.7 Å². The summed E-state index contributed by atoms with van der Waals surface area (Å²) >= 11 is 6.07. The topological polar surface area (TPSA) is 46.9 Å². The third kappa shape index (κ3) is 3.28. The molecule has 0 saturated carbocycles. The summed E-state index contributed by atoms with van der Waals surface area (Å²) in [6.07, 6.45) is 2.20. The molecule has 0 unspecified atom stereocenters. The van der Waals surface area contributed by atoms with Crippen LogP contribution in [0.3, 0.4) is 0 Å². The molecule has 4 nitrogen and oxygen atoms in total. The molecule has 0 saturated heterocycles. The number of aryl methyl sites for hydroxylation is 1. The van der Waals surface area contributed by atoms with Crippen LogP contribution in [0.1, 0.15) is 12.0 Å². The van der Waals surface area contributed by atoms with Gasteiger partial charge < -0.3 is 5.32 Å². The van der Waals surface area contributed by atoms with Gasteiger partial charge in [0.2, 0.25) is 5.91 Å². The summed E-state index contributed by atoms with van der Waals surface area (Å²) in [5.74, 6) is -0.0144. The summed E-state index contributed by atoms with van der Waals surface area (Å²) in [6.45, 7) is 1.00. The molecule has 0 aliphatic rings. The smallest absolute Gasteiger partial charge is 0.222 e. The fraction of sp³-hybridized carbons (Fsp3) is 0.176. The molecule has 3 aromatic rings. The van der Waals surface area contributed by atoms with E-state index < -0.39 is 0 Å². The first-order valence-electron chi connectivity index (χ1n) is 7.15. The molecule has 2 aromatic carbocycles. The van der Waals surface area contributed by atoms with Crippen molar-refractivity contribution in [2.24, 2.45) is 0 Å². The second-order valence-electron chi connectivity index (χ2n) is 5.04. The van der Waals surface area contributed by atoms with Gasteiger partial charge in [0.1, 0.15) is 0 Å². The minimum atomic E-state index is -0.0144. The van der Waals surface area contributed by atoms with Gasteiger partial charge >= 0.3 is 0 Å². The number of benzene rings is 2. The van der Waals surface area contributed by atoms with Crippen LogP contribution in [0.15, 0.2) is 54.7 Å². The number of aromatic nitrogens is 2. The van der Waals surface area contributed by atoms with Gasteiger partial charge in [-0.25, -0.2) is 0 Å². The van der Waals surface area contributed by atoms with Gasteiger partial charge in [0.25, 0.3) is 0 Å².